The number of aliphatic hydroxyl groups excluding tert-OH is 3. The fourth-order valence-corrected chi connectivity index (χ4v) is 4.15. The van der Waals surface area contributed by atoms with Crippen LogP contribution in [0.25, 0.3) is 22.0 Å². The maximum Gasteiger partial charge on any atom is 0.416 e. The van der Waals surface area contributed by atoms with Gasteiger partial charge in [0.15, 0.2) is 17.4 Å². The van der Waals surface area contributed by atoms with Crippen molar-refractivity contribution in [1.82, 2.24) is 9.78 Å². The zero-order chi connectivity index (χ0) is 29.3. The molecule has 3 aromatic carbocycles. The van der Waals surface area contributed by atoms with Gasteiger partial charge >= 0.3 is 6.18 Å². The second kappa shape index (κ2) is 10.6. The molecule has 1 aliphatic rings. The van der Waals surface area contributed by atoms with Gasteiger partial charge in [0, 0.05) is 22.8 Å². The molecule has 11 nitrogen and oxygen atoms in total. The first kappa shape index (κ1) is 27.1. The van der Waals surface area contributed by atoms with E-state index in [1.54, 1.807) is 29.1 Å². The molecule has 0 bridgehead atoms. The number of anilines is 1. The van der Waals surface area contributed by atoms with Crippen LogP contribution in [0.1, 0.15) is 11.1 Å². The van der Waals surface area contributed by atoms with E-state index in [9.17, 15) is 28.5 Å². The molecule has 0 unspecified atom stereocenters. The standard InChI is InChI=1S/C27H22F3N7O4/c28-27(29,30)18-2-4-20(5-3-18)41-8-7-37-13-17-9-14(1-6-21(17)35-37)15-10-16(26(31)34-36-32)12-19(11-15)33-22-23(38)25(40)24(22)39/h1-6,9-13,33,38-40H,7-8H2,(H3,31,32,34). The van der Waals surface area contributed by atoms with E-state index in [4.69, 9.17) is 16.0 Å². The summed E-state index contributed by atoms with van der Waals surface area (Å²) in [5.74, 6) is 3.57. The number of rotatable bonds is 8. The highest BCUT2D eigenvalue weighted by Gasteiger charge is 2.30. The van der Waals surface area contributed by atoms with E-state index in [-0.39, 0.29) is 18.1 Å². The van der Waals surface area contributed by atoms with Gasteiger partial charge in [0.2, 0.25) is 5.76 Å². The molecule has 1 heterocycles. The number of hydrogen-bond donors (Lipinski definition) is 6. The third-order valence-electron chi connectivity index (χ3n) is 6.21. The maximum absolute atomic E-state index is 12.7. The number of nitrogens with zero attached hydrogens (tertiary/aromatic N) is 4. The highest BCUT2D eigenvalue weighted by Crippen LogP contribution is 2.34. The molecule has 41 heavy (non-hydrogen) atoms. The Morgan fingerprint density at radius 2 is 1.73 bits per heavy atom. The zero-order valence-corrected chi connectivity index (χ0v) is 21.0. The van der Waals surface area contributed by atoms with Crippen molar-refractivity contribution in [3.63, 3.8) is 0 Å². The van der Waals surface area contributed by atoms with E-state index in [0.717, 1.165) is 23.1 Å². The quantitative estimate of drug-likeness (QED) is 0.0501. The molecule has 210 valence electrons. The number of hydrogen-bond acceptors (Lipinski definition) is 8. The van der Waals surface area contributed by atoms with Gasteiger partial charge in [0.25, 0.3) is 0 Å². The van der Waals surface area contributed by atoms with Gasteiger partial charge in [-0.15, -0.1) is 5.11 Å². The van der Waals surface area contributed by atoms with E-state index in [1.807, 2.05) is 12.1 Å². The van der Waals surface area contributed by atoms with E-state index < -0.39 is 29.0 Å². The molecular formula is C27H22F3N7O4. The van der Waals surface area contributed by atoms with Crippen molar-refractivity contribution < 1.29 is 33.2 Å². The molecule has 0 atom stereocenters. The Morgan fingerprint density at radius 3 is 2.41 bits per heavy atom. The summed E-state index contributed by atoms with van der Waals surface area (Å²) in [5, 5.41) is 52.1. The molecule has 5 rings (SSSR count). The fraction of sp³-hybridized carbons (Fsp3) is 0.111. The van der Waals surface area contributed by atoms with Crippen molar-refractivity contribution in [1.29, 1.82) is 5.41 Å². The summed E-state index contributed by atoms with van der Waals surface area (Å²) in [4.78, 5) is 0. The van der Waals surface area contributed by atoms with Gasteiger partial charge in [0.05, 0.1) is 17.6 Å². The predicted octanol–water partition coefficient (Wildman–Crippen LogP) is 5.98. The molecule has 0 aliphatic heterocycles. The summed E-state index contributed by atoms with van der Waals surface area (Å²) in [6.45, 7) is 0.527. The monoisotopic (exact) mass is 565 g/mol. The molecule has 1 aliphatic carbocycles. The average molecular weight is 566 g/mol. The maximum atomic E-state index is 12.7. The first-order chi connectivity index (χ1) is 19.5. The van der Waals surface area contributed by atoms with Crippen LogP contribution in [-0.4, -0.2) is 37.5 Å². The molecular weight excluding hydrogens is 543 g/mol. The average Bonchev–Trinajstić information content (AvgIpc) is 3.37. The minimum Gasteiger partial charge on any atom is -0.503 e. The number of amidine groups is 1. The number of aromatic nitrogens is 2. The molecule has 7 N–H and O–H groups in total. The number of fused-ring (bicyclic) bond motifs is 1. The Balaban J connectivity index is 1.35. The number of aliphatic hydroxyl groups is 3. The van der Waals surface area contributed by atoms with E-state index in [1.165, 1.54) is 18.2 Å². The van der Waals surface area contributed by atoms with Gasteiger partial charge in [-0.25, -0.2) is 0 Å². The summed E-state index contributed by atoms with van der Waals surface area (Å²) >= 11 is 0. The van der Waals surface area contributed by atoms with Crippen LogP contribution in [-0.2, 0) is 12.7 Å². The summed E-state index contributed by atoms with van der Waals surface area (Å²) in [6.07, 6.45) is -2.61. The third kappa shape index (κ3) is 5.61. The molecule has 4 aromatic rings. The molecule has 0 saturated carbocycles. The minimum atomic E-state index is -4.41. The Bertz CT molecular complexity index is 1740. The van der Waals surface area contributed by atoms with Gasteiger partial charge < -0.3 is 31.2 Å². The smallest absolute Gasteiger partial charge is 0.416 e. The van der Waals surface area contributed by atoms with Crippen LogP contribution >= 0.6 is 0 Å². The minimum absolute atomic E-state index is 0.0761. The van der Waals surface area contributed by atoms with Crippen molar-refractivity contribution in [3.8, 4) is 16.9 Å². The van der Waals surface area contributed by atoms with Crippen LogP contribution in [0.4, 0.5) is 18.9 Å². The Morgan fingerprint density at radius 1 is 0.976 bits per heavy atom. The number of halogens is 3. The largest absolute Gasteiger partial charge is 0.503 e. The molecule has 0 radical (unpaired) electrons. The van der Waals surface area contributed by atoms with E-state index in [0.29, 0.717) is 34.6 Å². The topological polar surface area (TPSA) is 174 Å². The van der Waals surface area contributed by atoms with Gasteiger partial charge in [-0.1, -0.05) is 11.3 Å². The van der Waals surface area contributed by atoms with Gasteiger partial charge in [-0.05, 0) is 65.7 Å². The SMILES string of the molecule is N=C(N=NN)c1cc(NC2=C(O)C(O)=C2O)cc(-c2ccc3nn(CCOc4ccc(C(F)(F)F)cc4)cc3c2)c1. The van der Waals surface area contributed by atoms with Crippen molar-refractivity contribution in [2.45, 2.75) is 12.7 Å². The number of nitrogens with one attached hydrogen (secondary N) is 2. The first-order valence-corrected chi connectivity index (χ1v) is 12.0. The van der Waals surface area contributed by atoms with Crippen LogP contribution in [0, 0.1) is 5.41 Å². The lowest BCUT2D eigenvalue weighted by molar-refractivity contribution is -0.137. The number of ether oxygens (including phenoxy) is 1. The summed E-state index contributed by atoms with van der Waals surface area (Å²) in [6, 6.07) is 14.9. The van der Waals surface area contributed by atoms with Crippen LogP contribution < -0.4 is 15.9 Å². The van der Waals surface area contributed by atoms with E-state index >= 15 is 0 Å². The van der Waals surface area contributed by atoms with Crippen LogP contribution in [0.3, 0.4) is 0 Å². The Kier molecular flexibility index (Phi) is 6.97. The lowest BCUT2D eigenvalue weighted by Gasteiger charge is -2.21. The molecule has 14 heteroatoms. The second-order valence-corrected chi connectivity index (χ2v) is 8.95. The van der Waals surface area contributed by atoms with Crippen LogP contribution in [0.2, 0.25) is 0 Å². The van der Waals surface area contributed by atoms with Gasteiger partial charge in [0.1, 0.15) is 18.1 Å². The van der Waals surface area contributed by atoms with E-state index in [2.05, 4.69) is 20.8 Å². The molecule has 0 amide bonds. The van der Waals surface area contributed by atoms with Crippen molar-refractivity contribution in [2.75, 3.05) is 11.9 Å². The van der Waals surface area contributed by atoms with Crippen LogP contribution in [0.5, 0.6) is 5.75 Å². The number of nitrogens with two attached hydrogens (primary N) is 1. The summed E-state index contributed by atoms with van der Waals surface area (Å²) < 4.78 is 45.4. The summed E-state index contributed by atoms with van der Waals surface area (Å²) in [7, 11) is 0. The third-order valence-corrected chi connectivity index (χ3v) is 6.21. The van der Waals surface area contributed by atoms with Gasteiger partial charge in [-0.2, -0.15) is 18.3 Å². The normalized spacial score (nSPS) is 13.6. The predicted molar refractivity (Wildman–Crippen MR) is 144 cm³/mol. The summed E-state index contributed by atoms with van der Waals surface area (Å²) in [5.41, 5.74) is 1.98. The Labute approximate surface area is 229 Å². The highest BCUT2D eigenvalue weighted by atomic mass is 19.4. The molecule has 0 fully saturated rings. The lowest BCUT2D eigenvalue weighted by atomic mass is 9.99. The zero-order valence-electron chi connectivity index (χ0n) is 21.0. The molecule has 0 spiro atoms. The molecule has 0 saturated heterocycles. The second-order valence-electron chi connectivity index (χ2n) is 8.95. The number of benzene rings is 3. The fourth-order valence-electron chi connectivity index (χ4n) is 4.15. The molecule has 1 aromatic heterocycles. The van der Waals surface area contributed by atoms with Crippen LogP contribution in [0.15, 0.2) is 100 Å². The lowest BCUT2D eigenvalue weighted by Crippen LogP contribution is -2.18. The highest BCUT2D eigenvalue weighted by molar-refractivity contribution is 5.99. The van der Waals surface area contributed by atoms with Crippen molar-refractivity contribution in [3.05, 3.63) is 101 Å². The first-order valence-electron chi connectivity index (χ1n) is 12.0. The van der Waals surface area contributed by atoms with Gasteiger partial charge in [-0.3, -0.25) is 10.1 Å². The van der Waals surface area contributed by atoms with Crippen molar-refractivity contribution >= 4 is 22.4 Å². The van der Waals surface area contributed by atoms with Crippen molar-refractivity contribution in [2.24, 2.45) is 16.2 Å². The Hall–Kier alpha value is -5.53. The number of alkyl halides is 3.